The molecule has 3 nitrogen and oxygen atoms in total. The highest BCUT2D eigenvalue weighted by atomic mass is 32.1. The molecule has 13 heavy (non-hydrogen) atoms. The molecule has 1 rings (SSSR count). The fourth-order valence-corrected chi connectivity index (χ4v) is 1.60. The Hall–Kier alpha value is -0.640. The van der Waals surface area contributed by atoms with Crippen molar-refractivity contribution in [3.05, 3.63) is 5.51 Å². The van der Waals surface area contributed by atoms with Crippen molar-refractivity contribution in [2.24, 2.45) is 5.92 Å². The molecule has 1 aromatic heterocycles. The molecule has 0 bridgehead atoms. The van der Waals surface area contributed by atoms with E-state index in [0.717, 1.165) is 17.6 Å². The van der Waals surface area contributed by atoms with Crippen LogP contribution in [-0.2, 0) is 0 Å². The number of anilines is 1. The first-order chi connectivity index (χ1) is 6.29. The highest BCUT2D eigenvalue weighted by Gasteiger charge is 1.96. The van der Waals surface area contributed by atoms with Crippen LogP contribution < -0.4 is 5.32 Å². The van der Waals surface area contributed by atoms with Crippen molar-refractivity contribution in [3.8, 4) is 0 Å². The molecule has 1 N–H and O–H groups in total. The molecule has 1 aromatic rings. The van der Waals surface area contributed by atoms with Gasteiger partial charge < -0.3 is 5.32 Å². The zero-order valence-electron chi connectivity index (χ0n) is 8.29. The maximum atomic E-state index is 3.91. The van der Waals surface area contributed by atoms with Crippen LogP contribution in [0.1, 0.15) is 33.1 Å². The van der Waals surface area contributed by atoms with Gasteiger partial charge in [0.1, 0.15) is 5.51 Å². The molecule has 1 heterocycles. The Morgan fingerprint density at radius 2 is 2.31 bits per heavy atom. The van der Waals surface area contributed by atoms with Crippen LogP contribution >= 0.6 is 11.3 Å². The Labute approximate surface area is 83.6 Å². The molecule has 0 saturated carbocycles. The number of aromatic nitrogens is 2. The van der Waals surface area contributed by atoms with Gasteiger partial charge >= 0.3 is 0 Å². The average Bonchev–Trinajstić information content (AvgIpc) is 2.55. The van der Waals surface area contributed by atoms with E-state index < -0.39 is 0 Å². The molecule has 0 aliphatic carbocycles. The van der Waals surface area contributed by atoms with Crippen LogP contribution in [-0.4, -0.2) is 16.7 Å². The minimum Gasteiger partial charge on any atom is -0.360 e. The molecule has 0 amide bonds. The van der Waals surface area contributed by atoms with Crippen LogP contribution in [0.3, 0.4) is 0 Å². The molecule has 0 saturated heterocycles. The summed E-state index contributed by atoms with van der Waals surface area (Å²) in [5, 5.41) is 11.8. The number of hydrogen-bond donors (Lipinski definition) is 1. The lowest BCUT2D eigenvalue weighted by atomic mass is 10.1. The Morgan fingerprint density at radius 3 is 2.92 bits per heavy atom. The number of rotatable bonds is 6. The minimum absolute atomic E-state index is 0.821. The van der Waals surface area contributed by atoms with Crippen LogP contribution in [0.15, 0.2) is 5.51 Å². The van der Waals surface area contributed by atoms with E-state index in [1.54, 1.807) is 16.8 Å². The van der Waals surface area contributed by atoms with Gasteiger partial charge in [-0.05, 0) is 12.3 Å². The fraction of sp³-hybridized carbons (Fsp3) is 0.778. The van der Waals surface area contributed by atoms with E-state index in [2.05, 4.69) is 29.4 Å². The SMILES string of the molecule is CC(C)CCCCNc1nncs1. The third-order valence-electron chi connectivity index (χ3n) is 1.84. The molecule has 0 spiro atoms. The van der Waals surface area contributed by atoms with Gasteiger partial charge in [0.15, 0.2) is 0 Å². The van der Waals surface area contributed by atoms with Crippen LogP contribution in [0.25, 0.3) is 0 Å². The number of unbranched alkanes of at least 4 members (excludes halogenated alkanes) is 1. The summed E-state index contributed by atoms with van der Waals surface area (Å²) in [6.45, 7) is 5.54. The summed E-state index contributed by atoms with van der Waals surface area (Å²) in [5.74, 6) is 0.821. The summed E-state index contributed by atoms with van der Waals surface area (Å²) in [6.07, 6.45) is 3.83. The van der Waals surface area contributed by atoms with Crippen molar-refractivity contribution in [1.29, 1.82) is 0 Å². The molecular weight excluding hydrogens is 182 g/mol. The third-order valence-corrected chi connectivity index (χ3v) is 2.49. The van der Waals surface area contributed by atoms with Gasteiger partial charge in [-0.2, -0.15) is 0 Å². The molecule has 0 aromatic carbocycles. The summed E-state index contributed by atoms with van der Waals surface area (Å²) in [7, 11) is 0. The molecule has 0 radical (unpaired) electrons. The number of hydrogen-bond acceptors (Lipinski definition) is 4. The maximum absolute atomic E-state index is 3.91. The van der Waals surface area contributed by atoms with Crippen LogP contribution in [0, 0.1) is 5.92 Å². The van der Waals surface area contributed by atoms with Gasteiger partial charge in [0.25, 0.3) is 0 Å². The van der Waals surface area contributed by atoms with Crippen molar-refractivity contribution in [3.63, 3.8) is 0 Å². The largest absolute Gasteiger partial charge is 0.360 e. The minimum atomic E-state index is 0.821. The van der Waals surface area contributed by atoms with Crippen molar-refractivity contribution in [2.45, 2.75) is 33.1 Å². The molecule has 0 aliphatic heterocycles. The smallest absolute Gasteiger partial charge is 0.205 e. The fourth-order valence-electron chi connectivity index (χ4n) is 1.12. The molecule has 74 valence electrons. The van der Waals surface area contributed by atoms with Crippen LogP contribution in [0.5, 0.6) is 0 Å². The number of nitrogens with zero attached hydrogens (tertiary/aromatic N) is 2. The van der Waals surface area contributed by atoms with Crippen molar-refractivity contribution in [2.75, 3.05) is 11.9 Å². The summed E-state index contributed by atoms with van der Waals surface area (Å²) in [6, 6.07) is 0. The van der Waals surface area contributed by atoms with E-state index in [1.807, 2.05) is 0 Å². The first-order valence-corrected chi connectivity index (χ1v) is 5.67. The second-order valence-corrected chi connectivity index (χ2v) is 4.39. The van der Waals surface area contributed by atoms with Gasteiger partial charge in [-0.15, -0.1) is 10.2 Å². The van der Waals surface area contributed by atoms with Gasteiger partial charge in [-0.25, -0.2) is 0 Å². The standard InChI is InChI=1S/C9H17N3S/c1-8(2)5-3-4-6-10-9-12-11-7-13-9/h7-8H,3-6H2,1-2H3,(H,10,12). The maximum Gasteiger partial charge on any atom is 0.205 e. The van der Waals surface area contributed by atoms with Crippen molar-refractivity contribution >= 4 is 16.5 Å². The van der Waals surface area contributed by atoms with Gasteiger partial charge in [0.05, 0.1) is 0 Å². The highest BCUT2D eigenvalue weighted by molar-refractivity contribution is 7.13. The lowest BCUT2D eigenvalue weighted by Crippen LogP contribution is -2.01. The zero-order valence-corrected chi connectivity index (χ0v) is 9.10. The zero-order chi connectivity index (χ0) is 9.52. The quantitative estimate of drug-likeness (QED) is 0.716. The monoisotopic (exact) mass is 199 g/mol. The van der Waals surface area contributed by atoms with Gasteiger partial charge in [-0.3, -0.25) is 0 Å². The van der Waals surface area contributed by atoms with Crippen molar-refractivity contribution < 1.29 is 0 Å². The first kappa shape index (κ1) is 10.4. The Bertz CT molecular complexity index is 209. The first-order valence-electron chi connectivity index (χ1n) is 4.79. The Balaban J connectivity index is 1.96. The third kappa shape index (κ3) is 4.83. The molecule has 0 atom stereocenters. The van der Waals surface area contributed by atoms with E-state index in [-0.39, 0.29) is 0 Å². The topological polar surface area (TPSA) is 37.8 Å². The van der Waals surface area contributed by atoms with Gasteiger partial charge in [0, 0.05) is 6.54 Å². The molecule has 0 aliphatic rings. The lowest BCUT2D eigenvalue weighted by molar-refractivity contribution is 0.544. The van der Waals surface area contributed by atoms with E-state index in [9.17, 15) is 0 Å². The summed E-state index contributed by atoms with van der Waals surface area (Å²) >= 11 is 1.55. The average molecular weight is 199 g/mol. The summed E-state index contributed by atoms with van der Waals surface area (Å²) in [4.78, 5) is 0. The van der Waals surface area contributed by atoms with E-state index in [1.165, 1.54) is 19.3 Å². The normalized spacial score (nSPS) is 10.7. The second kappa shape index (κ2) is 5.91. The molecule has 0 fully saturated rings. The molecule has 0 unspecified atom stereocenters. The van der Waals surface area contributed by atoms with E-state index in [0.29, 0.717) is 0 Å². The Morgan fingerprint density at radius 1 is 1.46 bits per heavy atom. The van der Waals surface area contributed by atoms with E-state index >= 15 is 0 Å². The van der Waals surface area contributed by atoms with Crippen molar-refractivity contribution in [1.82, 2.24) is 10.2 Å². The summed E-state index contributed by atoms with van der Waals surface area (Å²) < 4.78 is 0. The van der Waals surface area contributed by atoms with Crippen LogP contribution in [0.4, 0.5) is 5.13 Å². The van der Waals surface area contributed by atoms with Crippen LogP contribution in [0.2, 0.25) is 0 Å². The van der Waals surface area contributed by atoms with E-state index in [4.69, 9.17) is 0 Å². The lowest BCUT2D eigenvalue weighted by Gasteiger charge is -2.04. The van der Waals surface area contributed by atoms with Gasteiger partial charge in [-0.1, -0.05) is 38.0 Å². The predicted octanol–water partition coefficient (Wildman–Crippen LogP) is 2.78. The molecular formula is C9H17N3S. The Kier molecular flexibility index (Phi) is 4.75. The van der Waals surface area contributed by atoms with Gasteiger partial charge in [0.2, 0.25) is 5.13 Å². The highest BCUT2D eigenvalue weighted by Crippen LogP contribution is 2.09. The second-order valence-electron chi connectivity index (χ2n) is 3.56. The molecule has 4 heteroatoms. The number of nitrogens with one attached hydrogen (secondary N) is 1. The predicted molar refractivity (Wildman–Crippen MR) is 57.1 cm³/mol. The summed E-state index contributed by atoms with van der Waals surface area (Å²) in [5.41, 5.74) is 1.75.